The Morgan fingerprint density at radius 1 is 1.43 bits per heavy atom. The maximum absolute atomic E-state index is 10.5. The molecule has 0 aromatic carbocycles. The van der Waals surface area contributed by atoms with Crippen molar-refractivity contribution in [2.24, 2.45) is 0 Å². The van der Waals surface area contributed by atoms with Crippen molar-refractivity contribution in [1.82, 2.24) is 4.90 Å². The summed E-state index contributed by atoms with van der Waals surface area (Å²) in [6.07, 6.45) is 1.18. The van der Waals surface area contributed by atoms with Gasteiger partial charge in [0.2, 0.25) is 0 Å². The van der Waals surface area contributed by atoms with E-state index < -0.39 is 5.97 Å². The molecule has 0 fully saturated rings. The van der Waals surface area contributed by atoms with Gasteiger partial charge in [0.25, 0.3) is 0 Å². The predicted octanol–water partition coefficient (Wildman–Crippen LogP) is 1.21. The van der Waals surface area contributed by atoms with Crippen molar-refractivity contribution in [3.8, 4) is 0 Å². The summed E-state index contributed by atoms with van der Waals surface area (Å²) in [4.78, 5) is 12.4. The standard InChI is InChI=1S/C10H21NO3/c1-4-5-11(8-10(12)13)6-7-14-9(2)3/h9H,4-8H2,1-3H3,(H,12,13). The molecule has 0 atom stereocenters. The molecule has 0 radical (unpaired) electrons. The molecular weight excluding hydrogens is 182 g/mol. The Hall–Kier alpha value is -0.610. The van der Waals surface area contributed by atoms with Gasteiger partial charge in [-0.25, -0.2) is 0 Å². The SMILES string of the molecule is CCCN(CCOC(C)C)CC(=O)O. The van der Waals surface area contributed by atoms with E-state index in [0.29, 0.717) is 13.2 Å². The van der Waals surface area contributed by atoms with E-state index in [9.17, 15) is 4.79 Å². The lowest BCUT2D eigenvalue weighted by atomic mass is 10.4. The molecule has 4 heteroatoms. The number of rotatable bonds is 8. The lowest BCUT2D eigenvalue weighted by molar-refractivity contribution is -0.138. The van der Waals surface area contributed by atoms with Crippen LogP contribution in [0.4, 0.5) is 0 Å². The zero-order valence-corrected chi connectivity index (χ0v) is 9.32. The van der Waals surface area contributed by atoms with E-state index in [-0.39, 0.29) is 12.6 Å². The van der Waals surface area contributed by atoms with Gasteiger partial charge >= 0.3 is 5.97 Å². The third-order valence-corrected chi connectivity index (χ3v) is 1.76. The first-order chi connectivity index (χ1) is 6.56. The van der Waals surface area contributed by atoms with Crippen molar-refractivity contribution in [2.45, 2.75) is 33.3 Å². The largest absolute Gasteiger partial charge is 0.480 e. The number of carbonyl (C=O) groups is 1. The molecule has 0 aliphatic heterocycles. The number of hydrogen-bond acceptors (Lipinski definition) is 3. The van der Waals surface area contributed by atoms with E-state index in [4.69, 9.17) is 9.84 Å². The highest BCUT2D eigenvalue weighted by Crippen LogP contribution is 1.94. The van der Waals surface area contributed by atoms with Crippen LogP contribution in [0.15, 0.2) is 0 Å². The molecule has 0 aliphatic rings. The van der Waals surface area contributed by atoms with E-state index in [1.165, 1.54) is 0 Å². The number of aliphatic carboxylic acids is 1. The average Bonchev–Trinajstić information content (AvgIpc) is 2.02. The molecule has 0 amide bonds. The summed E-state index contributed by atoms with van der Waals surface area (Å²) in [6.45, 7) is 8.20. The smallest absolute Gasteiger partial charge is 0.317 e. The highest BCUT2D eigenvalue weighted by Gasteiger charge is 2.08. The first kappa shape index (κ1) is 13.4. The van der Waals surface area contributed by atoms with Gasteiger partial charge in [-0.05, 0) is 26.8 Å². The van der Waals surface area contributed by atoms with Crippen LogP contribution in [0, 0.1) is 0 Å². The van der Waals surface area contributed by atoms with Gasteiger partial charge < -0.3 is 9.84 Å². The minimum atomic E-state index is -0.775. The van der Waals surface area contributed by atoms with Crippen molar-refractivity contribution >= 4 is 5.97 Å². The van der Waals surface area contributed by atoms with Crippen molar-refractivity contribution < 1.29 is 14.6 Å². The summed E-state index contributed by atoms with van der Waals surface area (Å²) in [7, 11) is 0. The Morgan fingerprint density at radius 2 is 2.07 bits per heavy atom. The number of ether oxygens (including phenoxy) is 1. The van der Waals surface area contributed by atoms with Gasteiger partial charge in [-0.1, -0.05) is 6.92 Å². The van der Waals surface area contributed by atoms with Gasteiger partial charge in [0.05, 0.1) is 19.3 Å². The highest BCUT2D eigenvalue weighted by molar-refractivity contribution is 5.69. The van der Waals surface area contributed by atoms with Gasteiger partial charge in [-0.3, -0.25) is 9.69 Å². The Morgan fingerprint density at radius 3 is 2.50 bits per heavy atom. The average molecular weight is 203 g/mol. The van der Waals surface area contributed by atoms with Crippen LogP contribution in [-0.4, -0.2) is 48.3 Å². The zero-order chi connectivity index (χ0) is 11.0. The summed E-state index contributed by atoms with van der Waals surface area (Å²) in [5.41, 5.74) is 0. The second-order valence-corrected chi connectivity index (χ2v) is 3.59. The fourth-order valence-corrected chi connectivity index (χ4v) is 1.19. The summed E-state index contributed by atoms with van der Waals surface area (Å²) >= 11 is 0. The fourth-order valence-electron chi connectivity index (χ4n) is 1.19. The van der Waals surface area contributed by atoms with Crippen LogP contribution in [0.25, 0.3) is 0 Å². The van der Waals surface area contributed by atoms with Gasteiger partial charge in [-0.2, -0.15) is 0 Å². The van der Waals surface area contributed by atoms with E-state index in [2.05, 4.69) is 0 Å². The molecule has 14 heavy (non-hydrogen) atoms. The minimum absolute atomic E-state index is 0.106. The van der Waals surface area contributed by atoms with Crippen LogP contribution in [-0.2, 0) is 9.53 Å². The normalized spacial score (nSPS) is 11.2. The quantitative estimate of drug-likeness (QED) is 0.644. The van der Waals surface area contributed by atoms with Crippen molar-refractivity contribution in [2.75, 3.05) is 26.2 Å². The molecule has 0 aromatic heterocycles. The van der Waals surface area contributed by atoms with E-state index in [1.807, 2.05) is 25.7 Å². The van der Waals surface area contributed by atoms with Crippen molar-refractivity contribution in [3.05, 3.63) is 0 Å². The predicted molar refractivity (Wildman–Crippen MR) is 55.5 cm³/mol. The van der Waals surface area contributed by atoms with Crippen LogP contribution in [0.2, 0.25) is 0 Å². The molecule has 4 nitrogen and oxygen atoms in total. The van der Waals surface area contributed by atoms with Crippen molar-refractivity contribution in [3.63, 3.8) is 0 Å². The van der Waals surface area contributed by atoms with Crippen LogP contribution in [0.5, 0.6) is 0 Å². The van der Waals surface area contributed by atoms with E-state index in [0.717, 1.165) is 13.0 Å². The first-order valence-corrected chi connectivity index (χ1v) is 5.12. The van der Waals surface area contributed by atoms with Crippen LogP contribution in [0.1, 0.15) is 27.2 Å². The topological polar surface area (TPSA) is 49.8 Å². The van der Waals surface area contributed by atoms with Crippen LogP contribution in [0.3, 0.4) is 0 Å². The monoisotopic (exact) mass is 203 g/mol. The summed E-state index contributed by atoms with van der Waals surface area (Å²) < 4.78 is 5.37. The highest BCUT2D eigenvalue weighted by atomic mass is 16.5. The molecule has 0 unspecified atom stereocenters. The lowest BCUT2D eigenvalue weighted by Gasteiger charge is -2.19. The number of carboxylic acid groups (broad SMARTS) is 1. The van der Waals surface area contributed by atoms with Gasteiger partial charge in [0, 0.05) is 6.54 Å². The molecule has 0 aliphatic carbocycles. The molecule has 0 rings (SSSR count). The zero-order valence-electron chi connectivity index (χ0n) is 9.32. The molecule has 0 heterocycles. The Balaban J connectivity index is 3.67. The van der Waals surface area contributed by atoms with E-state index >= 15 is 0 Å². The van der Waals surface area contributed by atoms with Gasteiger partial charge in [0.1, 0.15) is 0 Å². The molecule has 84 valence electrons. The van der Waals surface area contributed by atoms with Gasteiger partial charge in [-0.15, -0.1) is 0 Å². The van der Waals surface area contributed by atoms with E-state index in [1.54, 1.807) is 0 Å². The second kappa shape index (κ2) is 7.76. The molecule has 1 N–H and O–H groups in total. The maximum Gasteiger partial charge on any atom is 0.317 e. The minimum Gasteiger partial charge on any atom is -0.480 e. The second-order valence-electron chi connectivity index (χ2n) is 3.59. The number of carboxylic acids is 1. The van der Waals surface area contributed by atoms with Crippen molar-refractivity contribution in [1.29, 1.82) is 0 Å². The maximum atomic E-state index is 10.5. The lowest BCUT2D eigenvalue weighted by Crippen LogP contribution is -2.33. The summed E-state index contributed by atoms with van der Waals surface area (Å²) in [5.74, 6) is -0.775. The van der Waals surface area contributed by atoms with Crippen LogP contribution >= 0.6 is 0 Å². The molecule has 0 bridgehead atoms. The third-order valence-electron chi connectivity index (χ3n) is 1.76. The summed E-state index contributed by atoms with van der Waals surface area (Å²) in [5, 5.41) is 8.64. The molecule has 0 saturated heterocycles. The Bertz CT molecular complexity index is 159. The number of hydrogen-bond donors (Lipinski definition) is 1. The number of nitrogens with zero attached hydrogens (tertiary/aromatic N) is 1. The molecule has 0 spiro atoms. The fraction of sp³-hybridized carbons (Fsp3) is 0.900. The molecular formula is C10H21NO3. The Labute approximate surface area is 85.9 Å². The molecule has 0 aromatic rings. The summed E-state index contributed by atoms with van der Waals surface area (Å²) in [6, 6.07) is 0. The first-order valence-electron chi connectivity index (χ1n) is 5.12. The van der Waals surface area contributed by atoms with Gasteiger partial charge in [0.15, 0.2) is 0 Å². The van der Waals surface area contributed by atoms with Crippen LogP contribution < -0.4 is 0 Å². The molecule has 0 saturated carbocycles. The Kier molecular flexibility index (Phi) is 7.42. The third kappa shape index (κ3) is 8.01.